The second-order valence-corrected chi connectivity index (χ2v) is 8.51. The van der Waals surface area contributed by atoms with Gasteiger partial charge in [0.15, 0.2) is 0 Å². The maximum Gasteiger partial charge on any atom is 0.295 e. The summed E-state index contributed by atoms with van der Waals surface area (Å²) in [4.78, 5) is 27.5. The molecule has 6 nitrogen and oxygen atoms in total. The van der Waals surface area contributed by atoms with Crippen LogP contribution in [0.5, 0.6) is 5.75 Å². The van der Waals surface area contributed by atoms with Gasteiger partial charge in [-0.1, -0.05) is 28.1 Å². The summed E-state index contributed by atoms with van der Waals surface area (Å²) in [6.45, 7) is 3.39. The van der Waals surface area contributed by atoms with Gasteiger partial charge in [0, 0.05) is 23.2 Å². The van der Waals surface area contributed by atoms with Crippen LogP contribution in [0.15, 0.2) is 58.6 Å². The average molecular weight is 486 g/mol. The number of amides is 1. The molecule has 7 heteroatoms. The number of Topliss-reactive ketones (excluding diaryl/α,β-unsaturated/α-hetero) is 1. The van der Waals surface area contributed by atoms with E-state index in [1.54, 1.807) is 24.3 Å². The van der Waals surface area contributed by atoms with E-state index in [0.29, 0.717) is 31.1 Å². The van der Waals surface area contributed by atoms with E-state index in [4.69, 9.17) is 9.47 Å². The van der Waals surface area contributed by atoms with Crippen molar-refractivity contribution in [2.75, 3.05) is 19.8 Å². The van der Waals surface area contributed by atoms with E-state index < -0.39 is 17.7 Å². The van der Waals surface area contributed by atoms with E-state index in [2.05, 4.69) is 15.9 Å². The first kappa shape index (κ1) is 21.6. The van der Waals surface area contributed by atoms with Gasteiger partial charge < -0.3 is 19.5 Å². The summed E-state index contributed by atoms with van der Waals surface area (Å²) in [6, 6.07) is 13.6. The van der Waals surface area contributed by atoms with E-state index in [1.165, 1.54) is 4.90 Å². The Morgan fingerprint density at radius 3 is 2.48 bits per heavy atom. The van der Waals surface area contributed by atoms with Crippen LogP contribution in [0.25, 0.3) is 5.76 Å². The Bertz CT molecular complexity index is 994. The van der Waals surface area contributed by atoms with Crippen LogP contribution in [-0.2, 0) is 14.3 Å². The molecule has 4 rings (SSSR count). The van der Waals surface area contributed by atoms with Gasteiger partial charge in [-0.3, -0.25) is 9.59 Å². The molecule has 2 aromatic carbocycles. The zero-order valence-electron chi connectivity index (χ0n) is 17.2. The molecule has 2 aliphatic rings. The van der Waals surface area contributed by atoms with Gasteiger partial charge in [0.05, 0.1) is 24.3 Å². The van der Waals surface area contributed by atoms with Gasteiger partial charge in [0.1, 0.15) is 11.5 Å². The second kappa shape index (κ2) is 9.24. The molecule has 2 fully saturated rings. The largest absolute Gasteiger partial charge is 0.507 e. The molecule has 31 heavy (non-hydrogen) atoms. The van der Waals surface area contributed by atoms with E-state index in [0.717, 1.165) is 22.9 Å². The zero-order chi connectivity index (χ0) is 22.0. The quantitative estimate of drug-likeness (QED) is 0.371. The number of carbonyl (C=O) groups is 2. The Labute approximate surface area is 189 Å². The molecule has 0 unspecified atom stereocenters. The van der Waals surface area contributed by atoms with Crippen molar-refractivity contribution in [1.82, 2.24) is 4.90 Å². The molecule has 0 spiro atoms. The lowest BCUT2D eigenvalue weighted by atomic mass is 9.95. The van der Waals surface area contributed by atoms with Gasteiger partial charge in [-0.25, -0.2) is 0 Å². The van der Waals surface area contributed by atoms with Crippen LogP contribution in [0.2, 0.25) is 0 Å². The predicted molar refractivity (Wildman–Crippen MR) is 120 cm³/mol. The fraction of sp³-hybridized carbons (Fsp3) is 0.333. The minimum absolute atomic E-state index is 0.0921. The highest BCUT2D eigenvalue weighted by Gasteiger charge is 2.47. The number of carbonyl (C=O) groups excluding carboxylic acids is 2. The van der Waals surface area contributed by atoms with Crippen LogP contribution >= 0.6 is 15.9 Å². The van der Waals surface area contributed by atoms with Gasteiger partial charge in [0.2, 0.25) is 0 Å². The van der Waals surface area contributed by atoms with E-state index in [9.17, 15) is 14.7 Å². The summed E-state index contributed by atoms with van der Waals surface area (Å²) in [6.07, 6.45) is 1.67. The van der Waals surface area contributed by atoms with Crippen molar-refractivity contribution < 1.29 is 24.2 Å². The third-order valence-electron chi connectivity index (χ3n) is 5.59. The first-order valence-corrected chi connectivity index (χ1v) is 11.2. The lowest BCUT2D eigenvalue weighted by Gasteiger charge is -2.27. The SMILES string of the molecule is CCOc1ccc(C(O)=C2C(=O)C(=O)N(C[C@H]3CCCO3)[C@@H]2c2ccc(Br)cc2)cc1. The number of aliphatic hydroxyl groups is 1. The minimum atomic E-state index is -0.683. The Balaban J connectivity index is 1.77. The number of benzene rings is 2. The molecule has 0 aromatic heterocycles. The topological polar surface area (TPSA) is 76.1 Å². The smallest absolute Gasteiger partial charge is 0.295 e. The number of hydrogen-bond acceptors (Lipinski definition) is 5. The van der Waals surface area contributed by atoms with Crippen LogP contribution < -0.4 is 4.74 Å². The third kappa shape index (κ3) is 4.38. The van der Waals surface area contributed by atoms with Gasteiger partial charge >= 0.3 is 0 Å². The molecule has 2 atom stereocenters. The van der Waals surface area contributed by atoms with Gasteiger partial charge in [-0.15, -0.1) is 0 Å². The molecule has 0 saturated carbocycles. The molecule has 1 amide bonds. The molecular weight excluding hydrogens is 462 g/mol. The van der Waals surface area contributed by atoms with E-state index >= 15 is 0 Å². The average Bonchev–Trinajstić information content (AvgIpc) is 3.37. The second-order valence-electron chi connectivity index (χ2n) is 7.60. The number of nitrogens with zero attached hydrogens (tertiary/aromatic N) is 1. The molecule has 162 valence electrons. The van der Waals surface area contributed by atoms with Crippen LogP contribution in [0.4, 0.5) is 0 Å². The first-order chi connectivity index (χ1) is 15.0. The molecular formula is C24H24BrNO5. The Morgan fingerprint density at radius 2 is 1.87 bits per heavy atom. The highest BCUT2D eigenvalue weighted by molar-refractivity contribution is 9.10. The molecule has 0 aliphatic carbocycles. The van der Waals surface area contributed by atoms with E-state index in [-0.39, 0.29) is 17.4 Å². The van der Waals surface area contributed by atoms with Crippen molar-refractivity contribution in [3.63, 3.8) is 0 Å². The fourth-order valence-corrected chi connectivity index (χ4v) is 4.36. The van der Waals surface area contributed by atoms with Crippen LogP contribution in [-0.4, -0.2) is 47.6 Å². The number of halogens is 1. The number of hydrogen-bond donors (Lipinski definition) is 1. The van der Waals surface area contributed by atoms with Gasteiger partial charge in [-0.2, -0.15) is 0 Å². The van der Waals surface area contributed by atoms with Crippen LogP contribution in [0, 0.1) is 0 Å². The summed E-state index contributed by atoms with van der Waals surface area (Å²) >= 11 is 3.42. The monoisotopic (exact) mass is 485 g/mol. The number of ketones is 1. The maximum absolute atomic E-state index is 13.0. The van der Waals surface area contributed by atoms with Crippen LogP contribution in [0.1, 0.15) is 36.9 Å². The molecule has 2 aliphatic heterocycles. The Kier molecular flexibility index (Phi) is 6.43. The molecule has 0 bridgehead atoms. The molecule has 1 N–H and O–H groups in total. The number of aliphatic hydroxyl groups excluding tert-OH is 1. The first-order valence-electron chi connectivity index (χ1n) is 10.4. The minimum Gasteiger partial charge on any atom is -0.507 e. The van der Waals surface area contributed by atoms with Crippen molar-refractivity contribution in [3.05, 3.63) is 69.7 Å². The van der Waals surface area contributed by atoms with Crippen molar-refractivity contribution in [3.8, 4) is 5.75 Å². The molecule has 2 saturated heterocycles. The predicted octanol–water partition coefficient (Wildman–Crippen LogP) is 4.45. The van der Waals surface area contributed by atoms with Crippen molar-refractivity contribution in [2.45, 2.75) is 31.9 Å². The van der Waals surface area contributed by atoms with Crippen molar-refractivity contribution in [2.24, 2.45) is 0 Å². The summed E-state index contributed by atoms with van der Waals surface area (Å²) in [5, 5.41) is 11.1. The standard InChI is InChI=1S/C24H24BrNO5/c1-2-30-18-11-7-16(8-12-18)22(27)20-21(15-5-9-17(25)10-6-15)26(24(29)23(20)28)14-19-4-3-13-31-19/h5-12,19,21,27H,2-4,13-14H2,1H3/t19-,21-/m1/s1. The zero-order valence-corrected chi connectivity index (χ0v) is 18.8. The van der Waals surface area contributed by atoms with E-state index in [1.807, 2.05) is 31.2 Å². The van der Waals surface area contributed by atoms with Gasteiger partial charge in [-0.05, 0) is 61.7 Å². The number of ether oxygens (including phenoxy) is 2. The fourth-order valence-electron chi connectivity index (χ4n) is 4.10. The highest BCUT2D eigenvalue weighted by atomic mass is 79.9. The molecule has 0 radical (unpaired) electrons. The summed E-state index contributed by atoms with van der Waals surface area (Å²) in [7, 11) is 0. The Morgan fingerprint density at radius 1 is 1.16 bits per heavy atom. The van der Waals surface area contributed by atoms with Crippen molar-refractivity contribution in [1.29, 1.82) is 0 Å². The summed E-state index contributed by atoms with van der Waals surface area (Å²) in [5.41, 5.74) is 1.31. The number of rotatable bonds is 6. The third-order valence-corrected chi connectivity index (χ3v) is 6.12. The summed E-state index contributed by atoms with van der Waals surface area (Å²) < 4.78 is 12.1. The lowest BCUT2D eigenvalue weighted by Crippen LogP contribution is -2.36. The lowest BCUT2D eigenvalue weighted by molar-refractivity contribution is -0.140. The highest BCUT2D eigenvalue weighted by Crippen LogP contribution is 2.40. The van der Waals surface area contributed by atoms with Crippen LogP contribution in [0.3, 0.4) is 0 Å². The Hall–Kier alpha value is -2.64. The normalized spacial score (nSPS) is 22.8. The molecule has 2 aromatic rings. The molecule has 2 heterocycles. The summed E-state index contributed by atoms with van der Waals surface area (Å²) in [5.74, 6) is -0.820. The maximum atomic E-state index is 13.0. The van der Waals surface area contributed by atoms with Crippen molar-refractivity contribution >= 4 is 33.4 Å². The van der Waals surface area contributed by atoms with Gasteiger partial charge in [0.25, 0.3) is 11.7 Å². The number of likely N-dealkylation sites (tertiary alicyclic amines) is 1.